The Morgan fingerprint density at radius 1 is 0.914 bits per heavy atom. The molecule has 0 aliphatic rings. The molecule has 8 heteroatoms. The molecule has 0 saturated carbocycles. The number of benzene rings is 3. The first-order valence-electron chi connectivity index (χ1n) is 11.0. The number of aromatic nitrogens is 3. The maximum atomic E-state index is 12.2. The Hall–Kier alpha value is -4.04. The standard InChI is InChI=1S/C27H23N3O4S/c1-17-7-12-23-19(15-25(31)34-24(23)13-17)16-35-27-29-28-26(18-5-4-6-22(14-18)33-3)30(27)20-8-10-21(32-2)11-9-20/h4-15H,16H2,1-3H3. The predicted octanol–water partition coefficient (Wildman–Crippen LogP) is 5.66. The van der Waals surface area contributed by atoms with Gasteiger partial charge in [-0.15, -0.1) is 10.2 Å². The highest BCUT2D eigenvalue weighted by atomic mass is 32.2. The number of methoxy groups -OCH3 is 2. The van der Waals surface area contributed by atoms with Crippen molar-refractivity contribution in [1.29, 1.82) is 0 Å². The van der Waals surface area contributed by atoms with Crippen molar-refractivity contribution in [1.82, 2.24) is 14.8 Å². The minimum Gasteiger partial charge on any atom is -0.497 e. The quantitative estimate of drug-likeness (QED) is 0.217. The molecular weight excluding hydrogens is 462 g/mol. The molecule has 0 saturated heterocycles. The second-order valence-corrected chi connectivity index (χ2v) is 8.89. The minimum absolute atomic E-state index is 0.368. The Morgan fingerprint density at radius 3 is 2.49 bits per heavy atom. The van der Waals surface area contributed by atoms with E-state index in [0.717, 1.165) is 39.3 Å². The normalized spacial score (nSPS) is 11.1. The van der Waals surface area contributed by atoms with Crippen LogP contribution in [0.5, 0.6) is 11.5 Å². The summed E-state index contributed by atoms with van der Waals surface area (Å²) in [4.78, 5) is 12.2. The summed E-state index contributed by atoms with van der Waals surface area (Å²) in [6.45, 7) is 1.97. The zero-order valence-corrected chi connectivity index (χ0v) is 20.3. The van der Waals surface area contributed by atoms with Crippen LogP contribution in [0.1, 0.15) is 11.1 Å². The van der Waals surface area contributed by atoms with Gasteiger partial charge in [0.25, 0.3) is 0 Å². The van der Waals surface area contributed by atoms with Gasteiger partial charge in [-0.3, -0.25) is 4.57 Å². The maximum absolute atomic E-state index is 12.2. The molecule has 2 heterocycles. The predicted molar refractivity (Wildman–Crippen MR) is 137 cm³/mol. The highest BCUT2D eigenvalue weighted by Crippen LogP contribution is 2.33. The lowest BCUT2D eigenvalue weighted by atomic mass is 10.1. The lowest BCUT2D eigenvalue weighted by molar-refractivity contribution is 0.414. The van der Waals surface area contributed by atoms with Gasteiger partial charge in [0.15, 0.2) is 11.0 Å². The summed E-state index contributed by atoms with van der Waals surface area (Å²) < 4.78 is 18.1. The fourth-order valence-corrected chi connectivity index (χ4v) is 4.82. The van der Waals surface area contributed by atoms with Gasteiger partial charge in [-0.1, -0.05) is 36.0 Å². The van der Waals surface area contributed by atoms with Gasteiger partial charge in [-0.25, -0.2) is 4.79 Å². The molecule has 0 aliphatic carbocycles. The smallest absolute Gasteiger partial charge is 0.336 e. The Morgan fingerprint density at radius 2 is 1.71 bits per heavy atom. The van der Waals surface area contributed by atoms with Crippen LogP contribution in [0.2, 0.25) is 0 Å². The van der Waals surface area contributed by atoms with E-state index in [-0.39, 0.29) is 5.63 Å². The van der Waals surface area contributed by atoms with E-state index in [1.165, 1.54) is 11.8 Å². The minimum atomic E-state index is -0.368. The molecule has 0 unspecified atom stereocenters. The van der Waals surface area contributed by atoms with Crippen molar-refractivity contribution >= 4 is 22.7 Å². The Bertz CT molecular complexity index is 1560. The average Bonchev–Trinajstić information content (AvgIpc) is 3.31. The fraction of sp³-hybridized carbons (Fsp3) is 0.148. The number of ether oxygens (including phenoxy) is 2. The molecule has 3 aromatic carbocycles. The molecule has 0 N–H and O–H groups in total. The van der Waals surface area contributed by atoms with Crippen molar-refractivity contribution in [3.63, 3.8) is 0 Å². The lowest BCUT2D eigenvalue weighted by Crippen LogP contribution is -2.02. The Labute approximate surface area is 206 Å². The summed E-state index contributed by atoms with van der Waals surface area (Å²) in [5.41, 5.74) is 3.90. The van der Waals surface area contributed by atoms with Gasteiger partial charge < -0.3 is 13.9 Å². The first kappa shape index (κ1) is 22.7. The van der Waals surface area contributed by atoms with Crippen molar-refractivity contribution in [3.8, 4) is 28.6 Å². The molecule has 7 nitrogen and oxygen atoms in total. The van der Waals surface area contributed by atoms with E-state index in [1.54, 1.807) is 20.3 Å². The fourth-order valence-electron chi connectivity index (χ4n) is 3.88. The molecular formula is C27H23N3O4S. The van der Waals surface area contributed by atoms with Gasteiger partial charge in [0.1, 0.15) is 17.1 Å². The van der Waals surface area contributed by atoms with Crippen LogP contribution in [-0.4, -0.2) is 29.0 Å². The number of thioether (sulfide) groups is 1. The van der Waals surface area contributed by atoms with Crippen LogP contribution in [0.25, 0.3) is 28.0 Å². The number of nitrogens with zero attached hydrogens (tertiary/aromatic N) is 3. The van der Waals surface area contributed by atoms with Gasteiger partial charge in [0, 0.05) is 28.5 Å². The van der Waals surface area contributed by atoms with Crippen molar-refractivity contribution < 1.29 is 13.9 Å². The van der Waals surface area contributed by atoms with E-state index >= 15 is 0 Å². The maximum Gasteiger partial charge on any atom is 0.336 e. The zero-order chi connectivity index (χ0) is 24.4. The van der Waals surface area contributed by atoms with Crippen molar-refractivity contribution in [2.24, 2.45) is 0 Å². The number of rotatable bonds is 7. The Kier molecular flexibility index (Phi) is 6.29. The van der Waals surface area contributed by atoms with Crippen molar-refractivity contribution in [2.45, 2.75) is 17.8 Å². The topological polar surface area (TPSA) is 79.4 Å². The summed E-state index contributed by atoms with van der Waals surface area (Å²) in [6, 6.07) is 22.9. The summed E-state index contributed by atoms with van der Waals surface area (Å²) >= 11 is 1.50. The van der Waals surface area contributed by atoms with Crippen LogP contribution in [0.3, 0.4) is 0 Å². The molecule has 0 spiro atoms. The molecule has 0 bridgehead atoms. The molecule has 35 heavy (non-hydrogen) atoms. The molecule has 0 fully saturated rings. The van der Waals surface area contributed by atoms with Gasteiger partial charge in [0.05, 0.1) is 14.2 Å². The lowest BCUT2D eigenvalue weighted by Gasteiger charge is -2.12. The van der Waals surface area contributed by atoms with Crippen LogP contribution in [0, 0.1) is 6.92 Å². The van der Waals surface area contributed by atoms with E-state index in [9.17, 15) is 4.79 Å². The third-order valence-corrected chi connectivity index (χ3v) is 6.61. The van der Waals surface area contributed by atoms with Crippen LogP contribution >= 0.6 is 11.8 Å². The monoisotopic (exact) mass is 485 g/mol. The molecule has 176 valence electrons. The van der Waals surface area contributed by atoms with E-state index in [0.29, 0.717) is 22.3 Å². The van der Waals surface area contributed by atoms with Crippen LogP contribution in [0.4, 0.5) is 0 Å². The summed E-state index contributed by atoms with van der Waals surface area (Å²) in [7, 11) is 3.27. The highest BCUT2D eigenvalue weighted by Gasteiger charge is 2.18. The third-order valence-electron chi connectivity index (χ3n) is 5.63. The largest absolute Gasteiger partial charge is 0.497 e. The van der Waals surface area contributed by atoms with Gasteiger partial charge in [-0.05, 0) is 60.5 Å². The highest BCUT2D eigenvalue weighted by molar-refractivity contribution is 7.98. The second kappa shape index (κ2) is 9.68. The molecule has 5 aromatic rings. The van der Waals surface area contributed by atoms with Crippen LogP contribution < -0.4 is 15.1 Å². The van der Waals surface area contributed by atoms with Gasteiger partial charge >= 0.3 is 5.63 Å². The van der Waals surface area contributed by atoms with Gasteiger partial charge in [0.2, 0.25) is 0 Å². The molecule has 0 atom stereocenters. The van der Waals surface area contributed by atoms with Crippen molar-refractivity contribution in [3.05, 3.63) is 94.3 Å². The zero-order valence-electron chi connectivity index (χ0n) is 19.5. The molecule has 0 aliphatic heterocycles. The van der Waals surface area contributed by atoms with Crippen molar-refractivity contribution in [2.75, 3.05) is 14.2 Å². The van der Waals surface area contributed by atoms with Crippen LogP contribution in [-0.2, 0) is 5.75 Å². The van der Waals surface area contributed by atoms with Crippen LogP contribution in [0.15, 0.2) is 87.2 Å². The van der Waals surface area contributed by atoms with Gasteiger partial charge in [-0.2, -0.15) is 0 Å². The SMILES string of the molecule is COc1ccc(-n2c(SCc3cc(=O)oc4cc(C)ccc34)nnc2-c2cccc(OC)c2)cc1. The summed E-state index contributed by atoms with van der Waals surface area (Å²) in [6.07, 6.45) is 0. The van der Waals surface area contributed by atoms with E-state index in [4.69, 9.17) is 13.9 Å². The summed E-state index contributed by atoms with van der Waals surface area (Å²) in [5.74, 6) is 2.71. The third kappa shape index (κ3) is 4.65. The van der Waals surface area contributed by atoms with E-state index < -0.39 is 0 Å². The summed E-state index contributed by atoms with van der Waals surface area (Å²) in [5, 5.41) is 10.6. The number of hydrogen-bond donors (Lipinski definition) is 0. The molecule has 0 amide bonds. The van der Waals surface area contributed by atoms with E-state index in [1.807, 2.05) is 78.2 Å². The second-order valence-electron chi connectivity index (χ2n) is 7.95. The average molecular weight is 486 g/mol. The number of aryl methyl sites for hydroxylation is 1. The Balaban J connectivity index is 1.57. The number of hydrogen-bond acceptors (Lipinski definition) is 7. The molecule has 5 rings (SSSR count). The van der Waals surface area contributed by atoms with E-state index in [2.05, 4.69) is 10.2 Å². The number of fused-ring (bicyclic) bond motifs is 1. The molecule has 0 radical (unpaired) electrons. The first-order valence-corrected chi connectivity index (χ1v) is 11.9. The first-order chi connectivity index (χ1) is 17.1. The molecule has 2 aromatic heterocycles.